The predicted octanol–water partition coefficient (Wildman–Crippen LogP) is 3.03. The summed E-state index contributed by atoms with van der Waals surface area (Å²) in [6.45, 7) is 0.195. The van der Waals surface area contributed by atoms with Crippen LogP contribution >= 0.6 is 11.3 Å². The highest BCUT2D eigenvalue weighted by molar-refractivity contribution is 7.13. The topological polar surface area (TPSA) is 84.6 Å². The van der Waals surface area contributed by atoms with Crippen molar-refractivity contribution in [1.82, 2.24) is 4.98 Å². The van der Waals surface area contributed by atoms with Crippen molar-refractivity contribution in [2.75, 3.05) is 18.5 Å². The van der Waals surface area contributed by atoms with Crippen LogP contribution in [0.3, 0.4) is 0 Å². The number of carbonyl (C=O) groups excluding carboxylic acids is 1. The van der Waals surface area contributed by atoms with E-state index < -0.39 is 0 Å². The molecule has 2 heterocycles. The van der Waals surface area contributed by atoms with Crippen molar-refractivity contribution in [3.05, 3.63) is 53.7 Å². The summed E-state index contributed by atoms with van der Waals surface area (Å²) in [5.74, 6) is 0.980. The molecule has 1 aromatic carbocycles. The number of amides is 1. The number of aliphatic hydroxyl groups is 1. The third kappa shape index (κ3) is 3.77. The third-order valence-electron chi connectivity index (χ3n) is 2.94. The average molecular weight is 330 g/mol. The summed E-state index contributed by atoms with van der Waals surface area (Å²) in [5, 5.41) is 13.8. The van der Waals surface area contributed by atoms with Gasteiger partial charge in [0.25, 0.3) is 5.91 Å². The van der Waals surface area contributed by atoms with E-state index in [1.54, 1.807) is 48.0 Å². The average Bonchev–Trinajstić information content (AvgIpc) is 3.25. The van der Waals surface area contributed by atoms with Crippen molar-refractivity contribution in [1.29, 1.82) is 0 Å². The lowest BCUT2D eigenvalue weighted by atomic mass is 10.3. The van der Waals surface area contributed by atoms with E-state index in [0.717, 1.165) is 0 Å². The maximum atomic E-state index is 12.2. The Kier molecular flexibility index (Phi) is 4.70. The Morgan fingerprint density at radius 3 is 2.83 bits per heavy atom. The first-order chi connectivity index (χ1) is 11.3. The number of nitrogens with one attached hydrogen (secondary N) is 1. The molecule has 3 aromatic rings. The maximum absolute atomic E-state index is 12.2. The highest BCUT2D eigenvalue weighted by Gasteiger charge is 2.13. The number of thiazole rings is 1. The highest BCUT2D eigenvalue weighted by Crippen LogP contribution is 2.24. The minimum atomic E-state index is -0.289. The van der Waals surface area contributed by atoms with E-state index in [1.807, 2.05) is 0 Å². The molecule has 0 unspecified atom stereocenters. The minimum absolute atomic E-state index is 0.0414. The summed E-state index contributed by atoms with van der Waals surface area (Å²) < 4.78 is 10.5. The van der Waals surface area contributed by atoms with Gasteiger partial charge in [0.1, 0.15) is 18.1 Å². The van der Waals surface area contributed by atoms with Gasteiger partial charge in [0.2, 0.25) is 0 Å². The number of ether oxygens (including phenoxy) is 1. The zero-order chi connectivity index (χ0) is 16.1. The van der Waals surface area contributed by atoms with Gasteiger partial charge in [-0.2, -0.15) is 0 Å². The SMILES string of the molecule is O=C(Nc1ccc(OCCO)cc1)c1csc(-c2ccco2)n1. The highest BCUT2D eigenvalue weighted by atomic mass is 32.1. The van der Waals surface area contributed by atoms with Crippen molar-refractivity contribution in [2.45, 2.75) is 0 Å². The van der Waals surface area contributed by atoms with Crippen molar-refractivity contribution < 1.29 is 19.1 Å². The molecule has 0 radical (unpaired) electrons. The Morgan fingerprint density at radius 1 is 1.30 bits per heavy atom. The molecule has 23 heavy (non-hydrogen) atoms. The summed E-state index contributed by atoms with van der Waals surface area (Å²) in [6, 6.07) is 10.5. The molecule has 0 spiro atoms. The number of rotatable bonds is 6. The molecule has 0 saturated heterocycles. The number of anilines is 1. The molecular formula is C16H14N2O4S. The van der Waals surface area contributed by atoms with Crippen LogP contribution in [0.1, 0.15) is 10.5 Å². The number of aromatic nitrogens is 1. The second-order valence-electron chi connectivity index (χ2n) is 4.57. The van der Waals surface area contributed by atoms with Gasteiger partial charge in [-0.05, 0) is 36.4 Å². The first-order valence-corrected chi connectivity index (χ1v) is 7.79. The molecule has 7 heteroatoms. The van der Waals surface area contributed by atoms with Crippen LogP contribution in [-0.2, 0) is 0 Å². The summed E-state index contributed by atoms with van der Waals surface area (Å²) in [7, 11) is 0. The minimum Gasteiger partial charge on any atom is -0.491 e. The van der Waals surface area contributed by atoms with Crippen LogP contribution in [-0.4, -0.2) is 29.2 Å². The first kappa shape index (κ1) is 15.3. The molecule has 6 nitrogen and oxygen atoms in total. The van der Waals surface area contributed by atoms with Crippen molar-refractivity contribution >= 4 is 22.9 Å². The van der Waals surface area contributed by atoms with Crippen LogP contribution < -0.4 is 10.1 Å². The second kappa shape index (κ2) is 7.08. The van der Waals surface area contributed by atoms with Gasteiger partial charge in [-0.25, -0.2) is 4.98 Å². The largest absolute Gasteiger partial charge is 0.491 e. The monoisotopic (exact) mass is 330 g/mol. The number of aliphatic hydroxyl groups excluding tert-OH is 1. The van der Waals surface area contributed by atoms with Crippen LogP contribution in [0.2, 0.25) is 0 Å². The summed E-state index contributed by atoms with van der Waals surface area (Å²) in [5.41, 5.74) is 0.973. The first-order valence-electron chi connectivity index (χ1n) is 6.91. The molecule has 0 atom stereocenters. The van der Waals surface area contributed by atoms with Gasteiger partial charge >= 0.3 is 0 Å². The normalized spacial score (nSPS) is 10.5. The lowest BCUT2D eigenvalue weighted by molar-refractivity contribution is 0.102. The van der Waals surface area contributed by atoms with Crippen molar-refractivity contribution in [3.8, 4) is 16.5 Å². The second-order valence-corrected chi connectivity index (χ2v) is 5.42. The maximum Gasteiger partial charge on any atom is 0.275 e. The van der Waals surface area contributed by atoms with Crippen LogP contribution in [0.5, 0.6) is 5.75 Å². The van der Waals surface area contributed by atoms with Gasteiger partial charge in [0, 0.05) is 11.1 Å². The molecule has 1 amide bonds. The van der Waals surface area contributed by atoms with Gasteiger partial charge in [0.15, 0.2) is 10.8 Å². The molecule has 118 valence electrons. The Balaban J connectivity index is 1.65. The zero-order valence-electron chi connectivity index (χ0n) is 12.1. The molecule has 0 aliphatic rings. The van der Waals surface area contributed by atoms with E-state index in [0.29, 0.717) is 27.9 Å². The molecule has 3 rings (SSSR count). The smallest absolute Gasteiger partial charge is 0.275 e. The zero-order valence-corrected chi connectivity index (χ0v) is 12.9. The predicted molar refractivity (Wildman–Crippen MR) is 86.8 cm³/mol. The van der Waals surface area contributed by atoms with E-state index in [4.69, 9.17) is 14.3 Å². The summed E-state index contributed by atoms with van der Waals surface area (Å²) in [4.78, 5) is 16.5. The van der Waals surface area contributed by atoms with Crippen molar-refractivity contribution in [2.24, 2.45) is 0 Å². The molecular weight excluding hydrogens is 316 g/mol. The molecule has 0 aliphatic carbocycles. The molecule has 0 aliphatic heterocycles. The number of hydrogen-bond acceptors (Lipinski definition) is 6. The Bertz CT molecular complexity index is 766. The van der Waals surface area contributed by atoms with E-state index in [9.17, 15) is 4.79 Å². The number of nitrogens with zero attached hydrogens (tertiary/aromatic N) is 1. The standard InChI is InChI=1S/C16H14N2O4S/c19-7-9-21-12-5-3-11(4-6-12)17-15(20)13-10-23-16(18-13)14-2-1-8-22-14/h1-6,8,10,19H,7,9H2,(H,17,20). The van der Waals surface area contributed by atoms with Crippen LogP contribution in [0.15, 0.2) is 52.5 Å². The van der Waals surface area contributed by atoms with Gasteiger partial charge in [-0.3, -0.25) is 4.79 Å². The lowest BCUT2D eigenvalue weighted by Gasteiger charge is -2.06. The van der Waals surface area contributed by atoms with E-state index in [2.05, 4.69) is 10.3 Å². The Hall–Kier alpha value is -2.64. The number of furan rings is 1. The van der Waals surface area contributed by atoms with E-state index in [1.165, 1.54) is 11.3 Å². The van der Waals surface area contributed by atoms with E-state index >= 15 is 0 Å². The fourth-order valence-corrected chi connectivity index (χ4v) is 2.65. The van der Waals surface area contributed by atoms with Crippen LogP contribution in [0, 0.1) is 0 Å². The number of benzene rings is 1. The molecule has 2 aromatic heterocycles. The van der Waals surface area contributed by atoms with Crippen LogP contribution in [0.4, 0.5) is 5.69 Å². The summed E-state index contributed by atoms with van der Waals surface area (Å²) >= 11 is 1.35. The van der Waals surface area contributed by atoms with Gasteiger partial charge in [-0.1, -0.05) is 0 Å². The van der Waals surface area contributed by atoms with Crippen molar-refractivity contribution in [3.63, 3.8) is 0 Å². The van der Waals surface area contributed by atoms with Crippen LogP contribution in [0.25, 0.3) is 10.8 Å². The lowest BCUT2D eigenvalue weighted by Crippen LogP contribution is -2.12. The summed E-state index contributed by atoms with van der Waals surface area (Å²) in [6.07, 6.45) is 1.57. The van der Waals surface area contributed by atoms with E-state index in [-0.39, 0.29) is 19.1 Å². The molecule has 0 bridgehead atoms. The Morgan fingerprint density at radius 2 is 2.13 bits per heavy atom. The Labute approximate surface area is 136 Å². The quantitative estimate of drug-likeness (QED) is 0.726. The molecule has 0 fully saturated rings. The number of carbonyl (C=O) groups is 1. The fourth-order valence-electron chi connectivity index (χ4n) is 1.88. The van der Waals surface area contributed by atoms with Gasteiger partial charge in [-0.15, -0.1) is 11.3 Å². The molecule has 2 N–H and O–H groups in total. The third-order valence-corrected chi connectivity index (χ3v) is 3.80. The number of hydrogen-bond donors (Lipinski definition) is 2. The fraction of sp³-hybridized carbons (Fsp3) is 0.125. The van der Waals surface area contributed by atoms with Gasteiger partial charge in [0.05, 0.1) is 12.9 Å². The van der Waals surface area contributed by atoms with Gasteiger partial charge < -0.3 is 19.6 Å². The molecule has 0 saturated carbocycles.